The number of rotatable bonds is 7. The minimum absolute atomic E-state index is 0.0318. The number of amides is 1. The van der Waals surface area contributed by atoms with Crippen LogP contribution in [0.3, 0.4) is 0 Å². The van der Waals surface area contributed by atoms with E-state index in [0.717, 1.165) is 17.5 Å². The number of hydrogen-bond acceptors (Lipinski definition) is 3. The number of halogens is 1. The summed E-state index contributed by atoms with van der Waals surface area (Å²) in [5.41, 5.74) is 1.68. The molecule has 0 spiro atoms. The lowest BCUT2D eigenvalue weighted by Gasteiger charge is -2.20. The first kappa shape index (κ1) is 17.6. The smallest absolute Gasteiger partial charge is 0.226 e. The molecule has 0 aliphatic rings. The molecule has 0 atom stereocenters. The number of nitrogens with one attached hydrogen (secondary N) is 1. The van der Waals surface area contributed by atoms with Crippen LogP contribution in [-0.2, 0) is 11.2 Å². The first-order chi connectivity index (χ1) is 9.85. The van der Waals surface area contributed by atoms with Crippen LogP contribution in [0.1, 0.15) is 25.0 Å². The summed E-state index contributed by atoms with van der Waals surface area (Å²) in [7, 11) is 3.23. The van der Waals surface area contributed by atoms with Gasteiger partial charge in [-0.3, -0.25) is 4.79 Å². The Morgan fingerprint density at radius 1 is 1.24 bits per heavy atom. The molecular weight excluding hydrogens is 290 g/mol. The molecule has 4 nitrogen and oxygen atoms in total. The average Bonchev–Trinajstić information content (AvgIpc) is 2.48. The number of methoxy groups -OCH3 is 2. The summed E-state index contributed by atoms with van der Waals surface area (Å²) in [4.78, 5) is 12.0. The van der Waals surface area contributed by atoms with Crippen LogP contribution in [0.25, 0.3) is 0 Å². The van der Waals surface area contributed by atoms with Gasteiger partial charge in [0, 0.05) is 12.4 Å². The molecule has 1 N–H and O–H groups in total. The first-order valence-corrected chi connectivity index (χ1v) is 7.45. The van der Waals surface area contributed by atoms with Crippen LogP contribution in [0.5, 0.6) is 11.5 Å². The third kappa shape index (κ3) is 4.53. The van der Waals surface area contributed by atoms with Crippen LogP contribution in [0, 0.1) is 12.3 Å². The quantitative estimate of drug-likeness (QED) is 0.787. The van der Waals surface area contributed by atoms with E-state index in [-0.39, 0.29) is 5.91 Å². The lowest BCUT2D eigenvalue weighted by atomic mass is 9.95. The van der Waals surface area contributed by atoms with Gasteiger partial charge in [-0.1, -0.05) is 0 Å². The fraction of sp³-hybridized carbons (Fsp3) is 0.562. The molecule has 5 heteroatoms. The van der Waals surface area contributed by atoms with E-state index in [9.17, 15) is 4.79 Å². The first-order valence-electron chi connectivity index (χ1n) is 6.91. The van der Waals surface area contributed by atoms with E-state index >= 15 is 0 Å². The molecule has 0 aliphatic carbocycles. The molecule has 0 aliphatic heterocycles. The van der Waals surface area contributed by atoms with Crippen molar-refractivity contribution in [2.24, 2.45) is 5.41 Å². The van der Waals surface area contributed by atoms with Crippen LogP contribution in [0.4, 0.5) is 0 Å². The van der Waals surface area contributed by atoms with E-state index in [1.54, 1.807) is 14.2 Å². The van der Waals surface area contributed by atoms with Gasteiger partial charge >= 0.3 is 0 Å². The van der Waals surface area contributed by atoms with Gasteiger partial charge in [-0.05, 0) is 50.5 Å². The fourth-order valence-electron chi connectivity index (χ4n) is 1.90. The van der Waals surface area contributed by atoms with E-state index in [0.29, 0.717) is 23.9 Å². The molecule has 21 heavy (non-hydrogen) atoms. The normalized spacial score (nSPS) is 11.1. The second kappa shape index (κ2) is 7.55. The van der Waals surface area contributed by atoms with Gasteiger partial charge in [0.1, 0.15) is 0 Å². The van der Waals surface area contributed by atoms with Crippen LogP contribution in [0.15, 0.2) is 12.1 Å². The van der Waals surface area contributed by atoms with Gasteiger partial charge in [0.2, 0.25) is 5.91 Å². The maximum absolute atomic E-state index is 12.0. The maximum Gasteiger partial charge on any atom is 0.226 e. The van der Waals surface area contributed by atoms with Gasteiger partial charge < -0.3 is 14.8 Å². The van der Waals surface area contributed by atoms with Crippen LogP contribution in [0.2, 0.25) is 0 Å². The van der Waals surface area contributed by atoms with Gasteiger partial charge in [-0.25, -0.2) is 0 Å². The summed E-state index contributed by atoms with van der Waals surface area (Å²) in [5, 5.41) is 2.92. The molecule has 1 aromatic rings. The predicted molar refractivity (Wildman–Crippen MR) is 85.5 cm³/mol. The summed E-state index contributed by atoms with van der Waals surface area (Å²) in [5.74, 6) is 1.68. The second-order valence-corrected chi connectivity index (χ2v) is 5.92. The third-order valence-corrected chi connectivity index (χ3v) is 4.14. The van der Waals surface area contributed by atoms with E-state index in [1.807, 2.05) is 32.9 Å². The van der Waals surface area contributed by atoms with Crippen LogP contribution >= 0.6 is 11.6 Å². The summed E-state index contributed by atoms with van der Waals surface area (Å²) in [6.45, 7) is 6.24. The molecule has 0 bridgehead atoms. The fourth-order valence-corrected chi connectivity index (χ4v) is 2.02. The molecule has 0 saturated carbocycles. The average molecular weight is 314 g/mol. The second-order valence-electron chi connectivity index (χ2n) is 5.66. The topological polar surface area (TPSA) is 47.6 Å². The Hall–Kier alpha value is -1.42. The number of alkyl halides is 1. The van der Waals surface area contributed by atoms with Gasteiger partial charge in [0.25, 0.3) is 0 Å². The monoisotopic (exact) mass is 313 g/mol. The molecule has 0 fully saturated rings. The van der Waals surface area contributed by atoms with Crippen molar-refractivity contribution in [1.29, 1.82) is 0 Å². The highest BCUT2D eigenvalue weighted by atomic mass is 35.5. The molecule has 1 rings (SSSR count). The van der Waals surface area contributed by atoms with Gasteiger partial charge in [0.05, 0.1) is 19.6 Å². The Bertz CT molecular complexity index is 501. The zero-order chi connectivity index (χ0) is 16.0. The molecule has 118 valence electrons. The lowest BCUT2D eigenvalue weighted by Crippen LogP contribution is -2.39. The van der Waals surface area contributed by atoms with E-state index in [4.69, 9.17) is 21.1 Å². The van der Waals surface area contributed by atoms with E-state index in [2.05, 4.69) is 5.32 Å². The molecule has 0 aromatic heterocycles. The van der Waals surface area contributed by atoms with Crippen molar-refractivity contribution in [2.75, 3.05) is 26.6 Å². The van der Waals surface area contributed by atoms with Crippen molar-refractivity contribution in [3.63, 3.8) is 0 Å². The van der Waals surface area contributed by atoms with Crippen molar-refractivity contribution in [3.8, 4) is 11.5 Å². The molecule has 1 amide bonds. The van der Waals surface area contributed by atoms with Crippen LogP contribution in [-0.4, -0.2) is 32.6 Å². The third-order valence-electron chi connectivity index (χ3n) is 3.47. The van der Waals surface area contributed by atoms with Crippen LogP contribution < -0.4 is 14.8 Å². The summed E-state index contributed by atoms with van der Waals surface area (Å²) < 4.78 is 10.6. The maximum atomic E-state index is 12.0. The number of benzene rings is 1. The van der Waals surface area contributed by atoms with Crippen molar-refractivity contribution >= 4 is 17.5 Å². The minimum Gasteiger partial charge on any atom is -0.493 e. The number of aryl methyl sites for hydroxylation is 1. The Kier molecular flexibility index (Phi) is 6.34. The Morgan fingerprint density at radius 2 is 1.81 bits per heavy atom. The van der Waals surface area contributed by atoms with Crippen molar-refractivity contribution in [1.82, 2.24) is 5.32 Å². The molecular formula is C16H24ClNO3. The Balaban J connectivity index is 2.70. The van der Waals surface area contributed by atoms with Gasteiger partial charge in [0.15, 0.2) is 11.5 Å². The Labute approximate surface area is 131 Å². The number of hydrogen-bond donors (Lipinski definition) is 1. The molecule has 0 unspecified atom stereocenters. The molecule has 1 aromatic carbocycles. The summed E-state index contributed by atoms with van der Waals surface area (Å²) in [6, 6.07) is 3.89. The van der Waals surface area contributed by atoms with Crippen molar-refractivity contribution in [3.05, 3.63) is 23.3 Å². The summed E-state index contributed by atoms with van der Waals surface area (Å²) >= 11 is 5.79. The molecule has 0 saturated heterocycles. The highest BCUT2D eigenvalue weighted by Crippen LogP contribution is 2.30. The number of ether oxygens (including phenoxy) is 2. The SMILES string of the molecule is COc1cc(C)c(CCNC(=O)C(C)(C)CCl)cc1OC. The zero-order valence-corrected chi connectivity index (χ0v) is 14.1. The number of carbonyl (C=O) groups excluding carboxylic acids is 1. The lowest BCUT2D eigenvalue weighted by molar-refractivity contribution is -0.128. The molecule has 0 heterocycles. The number of carbonyl (C=O) groups is 1. The van der Waals surface area contributed by atoms with Crippen molar-refractivity contribution in [2.45, 2.75) is 27.2 Å². The van der Waals surface area contributed by atoms with Crippen molar-refractivity contribution < 1.29 is 14.3 Å². The Morgan fingerprint density at radius 3 is 2.33 bits per heavy atom. The predicted octanol–water partition coefficient (Wildman–Crippen LogP) is 2.94. The van der Waals surface area contributed by atoms with E-state index < -0.39 is 5.41 Å². The standard InChI is InChI=1S/C16H24ClNO3/c1-11-8-13(20-4)14(21-5)9-12(11)6-7-18-15(19)16(2,3)10-17/h8-9H,6-7,10H2,1-5H3,(H,18,19). The highest BCUT2D eigenvalue weighted by molar-refractivity contribution is 6.19. The van der Waals surface area contributed by atoms with E-state index in [1.165, 1.54) is 0 Å². The highest BCUT2D eigenvalue weighted by Gasteiger charge is 2.25. The molecule has 0 radical (unpaired) electrons. The van der Waals surface area contributed by atoms with Gasteiger partial charge in [-0.2, -0.15) is 0 Å². The summed E-state index contributed by atoms with van der Waals surface area (Å²) in [6.07, 6.45) is 0.732. The largest absolute Gasteiger partial charge is 0.493 e. The minimum atomic E-state index is -0.547. The zero-order valence-electron chi connectivity index (χ0n) is 13.4. The van der Waals surface area contributed by atoms with Gasteiger partial charge in [-0.15, -0.1) is 11.6 Å².